The molecular formula is C10H18N2O2. The summed E-state index contributed by atoms with van der Waals surface area (Å²) < 4.78 is 4.76. The van der Waals surface area contributed by atoms with Gasteiger partial charge in [-0.25, -0.2) is 0 Å². The standard InChI is InChI=1S/C10H18N2O2/c1-14-10(13)8-2-4-12(5-3-8)9-6-11-7-9/h8-9,11H,2-7H2,1H3. The number of esters is 1. The lowest BCUT2D eigenvalue weighted by molar-refractivity contribution is -0.147. The monoisotopic (exact) mass is 198 g/mol. The molecule has 0 aromatic carbocycles. The van der Waals surface area contributed by atoms with Crippen LogP contribution in [0.5, 0.6) is 0 Å². The number of rotatable bonds is 2. The van der Waals surface area contributed by atoms with Crippen molar-refractivity contribution in [1.29, 1.82) is 0 Å². The SMILES string of the molecule is COC(=O)C1CCN(C2CNC2)CC1. The highest BCUT2D eigenvalue weighted by Gasteiger charge is 2.31. The Balaban J connectivity index is 1.76. The fourth-order valence-electron chi connectivity index (χ4n) is 2.20. The first-order chi connectivity index (χ1) is 6.81. The molecule has 2 fully saturated rings. The van der Waals surface area contributed by atoms with E-state index in [2.05, 4.69) is 10.2 Å². The summed E-state index contributed by atoms with van der Waals surface area (Å²) in [7, 11) is 1.48. The van der Waals surface area contributed by atoms with Gasteiger partial charge in [0.2, 0.25) is 0 Å². The van der Waals surface area contributed by atoms with Crippen LogP contribution in [-0.2, 0) is 9.53 Å². The molecule has 0 aromatic heterocycles. The number of nitrogens with zero attached hydrogens (tertiary/aromatic N) is 1. The van der Waals surface area contributed by atoms with Crippen molar-refractivity contribution in [2.75, 3.05) is 33.3 Å². The quantitative estimate of drug-likeness (QED) is 0.626. The van der Waals surface area contributed by atoms with Crippen LogP contribution >= 0.6 is 0 Å². The molecule has 0 aromatic rings. The van der Waals surface area contributed by atoms with Crippen molar-refractivity contribution in [2.45, 2.75) is 18.9 Å². The largest absolute Gasteiger partial charge is 0.469 e. The highest BCUT2D eigenvalue weighted by molar-refractivity contribution is 5.72. The van der Waals surface area contributed by atoms with Crippen LogP contribution in [0, 0.1) is 5.92 Å². The summed E-state index contributed by atoms with van der Waals surface area (Å²) in [6.45, 7) is 4.32. The Hall–Kier alpha value is -0.610. The average Bonchev–Trinajstić information content (AvgIpc) is 2.15. The molecule has 4 nitrogen and oxygen atoms in total. The highest BCUT2D eigenvalue weighted by Crippen LogP contribution is 2.20. The second kappa shape index (κ2) is 4.28. The van der Waals surface area contributed by atoms with Crippen molar-refractivity contribution < 1.29 is 9.53 Å². The number of hydrogen-bond donors (Lipinski definition) is 1. The molecular weight excluding hydrogens is 180 g/mol. The summed E-state index contributed by atoms with van der Waals surface area (Å²) in [5, 5.41) is 3.27. The molecule has 2 heterocycles. The molecule has 2 aliphatic rings. The number of ether oxygens (including phenoxy) is 1. The molecule has 1 N–H and O–H groups in total. The van der Waals surface area contributed by atoms with Crippen LogP contribution in [0.2, 0.25) is 0 Å². The smallest absolute Gasteiger partial charge is 0.308 e. The van der Waals surface area contributed by atoms with Gasteiger partial charge >= 0.3 is 5.97 Å². The van der Waals surface area contributed by atoms with Crippen molar-refractivity contribution in [3.63, 3.8) is 0 Å². The van der Waals surface area contributed by atoms with Crippen molar-refractivity contribution in [3.05, 3.63) is 0 Å². The molecule has 0 bridgehead atoms. The zero-order chi connectivity index (χ0) is 9.97. The van der Waals surface area contributed by atoms with Gasteiger partial charge in [0.25, 0.3) is 0 Å². The molecule has 0 spiro atoms. The maximum Gasteiger partial charge on any atom is 0.308 e. The van der Waals surface area contributed by atoms with Gasteiger partial charge in [0.1, 0.15) is 0 Å². The van der Waals surface area contributed by atoms with Crippen LogP contribution in [0.4, 0.5) is 0 Å². The maximum absolute atomic E-state index is 11.3. The van der Waals surface area contributed by atoms with Gasteiger partial charge in [-0.1, -0.05) is 0 Å². The van der Waals surface area contributed by atoms with Crippen LogP contribution < -0.4 is 5.32 Å². The van der Waals surface area contributed by atoms with Crippen LogP contribution in [0.25, 0.3) is 0 Å². The van der Waals surface area contributed by atoms with E-state index in [4.69, 9.17) is 4.74 Å². The molecule has 0 aliphatic carbocycles. The van der Waals surface area contributed by atoms with Gasteiger partial charge in [-0.05, 0) is 25.9 Å². The molecule has 2 rings (SSSR count). The summed E-state index contributed by atoms with van der Waals surface area (Å²) >= 11 is 0. The minimum absolute atomic E-state index is 0.0311. The Labute approximate surface area is 84.6 Å². The van der Waals surface area contributed by atoms with Gasteiger partial charge < -0.3 is 10.1 Å². The van der Waals surface area contributed by atoms with Gasteiger partial charge in [-0.2, -0.15) is 0 Å². The van der Waals surface area contributed by atoms with Crippen molar-refractivity contribution >= 4 is 5.97 Å². The van der Waals surface area contributed by atoms with E-state index >= 15 is 0 Å². The summed E-state index contributed by atoms with van der Waals surface area (Å²) in [5.74, 6) is 0.112. The number of piperidine rings is 1. The molecule has 0 radical (unpaired) electrons. The van der Waals surface area contributed by atoms with E-state index in [1.54, 1.807) is 0 Å². The molecule has 2 saturated heterocycles. The molecule has 0 amide bonds. The zero-order valence-electron chi connectivity index (χ0n) is 8.66. The zero-order valence-corrected chi connectivity index (χ0v) is 8.66. The van der Waals surface area contributed by atoms with E-state index in [0.29, 0.717) is 6.04 Å². The average molecular weight is 198 g/mol. The highest BCUT2D eigenvalue weighted by atomic mass is 16.5. The fraction of sp³-hybridized carbons (Fsp3) is 0.900. The third-order valence-electron chi connectivity index (χ3n) is 3.34. The molecule has 0 unspecified atom stereocenters. The lowest BCUT2D eigenvalue weighted by atomic mass is 9.95. The maximum atomic E-state index is 11.3. The van der Waals surface area contributed by atoms with E-state index in [1.165, 1.54) is 7.11 Å². The lowest BCUT2D eigenvalue weighted by Crippen LogP contribution is -2.59. The first kappa shape index (κ1) is 9.93. The van der Waals surface area contributed by atoms with Gasteiger partial charge in [0, 0.05) is 19.1 Å². The van der Waals surface area contributed by atoms with E-state index in [-0.39, 0.29) is 11.9 Å². The van der Waals surface area contributed by atoms with Gasteiger partial charge in [-0.3, -0.25) is 9.69 Å². The topological polar surface area (TPSA) is 41.6 Å². The van der Waals surface area contributed by atoms with Gasteiger partial charge in [0.15, 0.2) is 0 Å². The Morgan fingerprint density at radius 3 is 2.43 bits per heavy atom. The molecule has 80 valence electrons. The number of nitrogens with one attached hydrogen (secondary N) is 1. The van der Waals surface area contributed by atoms with Crippen molar-refractivity contribution in [1.82, 2.24) is 10.2 Å². The lowest BCUT2D eigenvalue weighted by Gasteiger charge is -2.41. The van der Waals surface area contributed by atoms with Gasteiger partial charge in [-0.15, -0.1) is 0 Å². The fourth-order valence-corrected chi connectivity index (χ4v) is 2.20. The minimum atomic E-state index is -0.0311. The molecule has 4 heteroatoms. The van der Waals surface area contributed by atoms with Crippen LogP contribution in [0.1, 0.15) is 12.8 Å². The van der Waals surface area contributed by atoms with Crippen molar-refractivity contribution in [3.8, 4) is 0 Å². The Morgan fingerprint density at radius 1 is 1.36 bits per heavy atom. The minimum Gasteiger partial charge on any atom is -0.469 e. The third-order valence-corrected chi connectivity index (χ3v) is 3.34. The summed E-state index contributed by atoms with van der Waals surface area (Å²) in [5.41, 5.74) is 0. The van der Waals surface area contributed by atoms with Crippen LogP contribution in [0.15, 0.2) is 0 Å². The van der Waals surface area contributed by atoms with E-state index in [1.807, 2.05) is 0 Å². The molecule has 0 saturated carbocycles. The number of likely N-dealkylation sites (tertiary alicyclic amines) is 1. The Bertz CT molecular complexity index is 208. The second-order valence-electron chi connectivity index (χ2n) is 4.15. The van der Waals surface area contributed by atoms with E-state index in [0.717, 1.165) is 39.0 Å². The normalized spacial score (nSPS) is 25.8. The van der Waals surface area contributed by atoms with Crippen molar-refractivity contribution in [2.24, 2.45) is 5.92 Å². The molecule has 14 heavy (non-hydrogen) atoms. The predicted molar refractivity (Wildman–Crippen MR) is 53.0 cm³/mol. The first-order valence-corrected chi connectivity index (χ1v) is 5.34. The summed E-state index contributed by atoms with van der Waals surface area (Å²) in [4.78, 5) is 13.8. The van der Waals surface area contributed by atoms with Crippen LogP contribution in [-0.4, -0.2) is 50.2 Å². The van der Waals surface area contributed by atoms with Crippen LogP contribution in [0.3, 0.4) is 0 Å². The molecule has 0 atom stereocenters. The number of hydrogen-bond acceptors (Lipinski definition) is 4. The third kappa shape index (κ3) is 1.91. The number of carbonyl (C=O) groups excluding carboxylic acids is 1. The first-order valence-electron chi connectivity index (χ1n) is 5.34. The number of methoxy groups -OCH3 is 1. The van der Waals surface area contributed by atoms with E-state index < -0.39 is 0 Å². The second-order valence-corrected chi connectivity index (χ2v) is 4.15. The predicted octanol–water partition coefficient (Wildman–Crippen LogP) is -0.157. The Kier molecular flexibility index (Phi) is 3.03. The summed E-state index contributed by atoms with van der Waals surface area (Å²) in [6, 6.07) is 0.716. The number of carbonyl (C=O) groups is 1. The summed E-state index contributed by atoms with van der Waals surface area (Å²) in [6.07, 6.45) is 1.92. The Morgan fingerprint density at radius 2 is 2.00 bits per heavy atom. The van der Waals surface area contributed by atoms with E-state index in [9.17, 15) is 4.79 Å². The van der Waals surface area contributed by atoms with Gasteiger partial charge in [0.05, 0.1) is 13.0 Å². The molecule has 2 aliphatic heterocycles.